The van der Waals surface area contributed by atoms with Crippen LogP contribution in [0.3, 0.4) is 0 Å². The zero-order chi connectivity index (χ0) is 31.2. The Hall–Kier alpha value is -4.29. The lowest BCUT2D eigenvalue weighted by atomic mass is 10.0. The number of nitrogens with zero attached hydrogens (tertiary/aromatic N) is 1. The Kier molecular flexibility index (Phi) is 9.91. The van der Waals surface area contributed by atoms with E-state index < -0.39 is 47.9 Å². The first kappa shape index (κ1) is 31.1. The van der Waals surface area contributed by atoms with Crippen molar-refractivity contribution in [3.63, 3.8) is 0 Å². The average Bonchev–Trinajstić information content (AvgIpc) is 3.78. The predicted molar refractivity (Wildman–Crippen MR) is 171 cm³/mol. The van der Waals surface area contributed by atoms with Crippen molar-refractivity contribution in [2.45, 2.75) is 56.3 Å². The highest BCUT2D eigenvalue weighted by Crippen LogP contribution is 2.22. The maximum atomic E-state index is 13.9. The molecule has 1 fully saturated rings. The first-order valence-electron chi connectivity index (χ1n) is 14.7. The van der Waals surface area contributed by atoms with Crippen LogP contribution in [0, 0.1) is 0 Å². The van der Waals surface area contributed by atoms with Gasteiger partial charge in [0.15, 0.2) is 0 Å². The van der Waals surface area contributed by atoms with Crippen LogP contribution in [0.2, 0.25) is 0 Å². The van der Waals surface area contributed by atoms with E-state index in [1.807, 2.05) is 61.0 Å². The van der Waals surface area contributed by atoms with Gasteiger partial charge in [-0.15, -0.1) is 0 Å². The van der Waals surface area contributed by atoms with Gasteiger partial charge in [-0.25, -0.2) is 4.79 Å². The molecule has 2 aromatic heterocycles. The zero-order valence-electron chi connectivity index (χ0n) is 24.5. The van der Waals surface area contributed by atoms with Crippen LogP contribution < -0.4 is 16.4 Å². The number of nitrogens with one attached hydrogen (secondary N) is 4. The molecule has 0 radical (unpaired) electrons. The Morgan fingerprint density at radius 3 is 2.14 bits per heavy atom. The first-order chi connectivity index (χ1) is 21.3. The molecule has 12 heteroatoms. The molecule has 5 rings (SSSR count). The van der Waals surface area contributed by atoms with E-state index in [-0.39, 0.29) is 12.8 Å². The van der Waals surface area contributed by atoms with Gasteiger partial charge in [0, 0.05) is 47.2 Å². The standard InChI is InChI=1S/C32H38N6O5S/c1-44-14-12-26(31(41)38-13-6-11-28(38)32(42)43)36-30(40)27(16-20-18-35-25-10-5-3-8-22(20)25)37-29(39)23(33)15-19-17-34-24-9-4-2-7-21(19)24/h2-5,7-10,17-18,23,26-28,34-35H,6,11-16,33H2,1H3,(H,36,40)(H,37,39)(H,42,43). The minimum Gasteiger partial charge on any atom is -0.480 e. The van der Waals surface area contributed by atoms with Crippen LogP contribution >= 0.6 is 11.8 Å². The molecule has 0 bridgehead atoms. The Labute approximate surface area is 259 Å². The Bertz CT molecular complexity index is 1650. The van der Waals surface area contributed by atoms with E-state index in [2.05, 4.69) is 20.6 Å². The number of carboxylic acids is 1. The number of para-hydroxylation sites is 2. The van der Waals surface area contributed by atoms with Gasteiger partial charge in [-0.2, -0.15) is 11.8 Å². The summed E-state index contributed by atoms with van der Waals surface area (Å²) in [6.45, 7) is 0.319. The molecule has 3 amide bonds. The number of thioether (sulfide) groups is 1. The lowest BCUT2D eigenvalue weighted by molar-refractivity contribution is -0.149. The summed E-state index contributed by atoms with van der Waals surface area (Å²) in [5, 5.41) is 17.2. The molecular formula is C32H38N6O5S. The number of aromatic amines is 2. The normalized spacial score (nSPS) is 17.0. The van der Waals surface area contributed by atoms with Crippen molar-refractivity contribution < 1.29 is 24.3 Å². The van der Waals surface area contributed by atoms with E-state index in [1.165, 1.54) is 16.7 Å². The van der Waals surface area contributed by atoms with Gasteiger partial charge in [0.2, 0.25) is 17.7 Å². The number of amides is 3. The van der Waals surface area contributed by atoms with E-state index >= 15 is 0 Å². The van der Waals surface area contributed by atoms with Crippen molar-refractivity contribution in [2.24, 2.45) is 5.73 Å². The van der Waals surface area contributed by atoms with E-state index in [9.17, 15) is 24.3 Å². The molecule has 4 unspecified atom stereocenters. The Morgan fingerprint density at radius 2 is 1.52 bits per heavy atom. The summed E-state index contributed by atoms with van der Waals surface area (Å²) in [4.78, 5) is 60.4. The van der Waals surface area contributed by atoms with Gasteiger partial charge in [0.25, 0.3) is 0 Å². The molecular weight excluding hydrogens is 580 g/mol. The maximum Gasteiger partial charge on any atom is 0.326 e. The number of aromatic nitrogens is 2. The molecule has 0 saturated carbocycles. The molecule has 44 heavy (non-hydrogen) atoms. The van der Waals surface area contributed by atoms with E-state index in [0.29, 0.717) is 31.6 Å². The fourth-order valence-electron chi connectivity index (χ4n) is 5.89. The second-order valence-corrected chi connectivity index (χ2v) is 12.2. The number of rotatable bonds is 13. The Morgan fingerprint density at radius 1 is 0.932 bits per heavy atom. The molecule has 1 saturated heterocycles. The molecule has 11 nitrogen and oxygen atoms in total. The molecule has 3 heterocycles. The lowest BCUT2D eigenvalue weighted by Gasteiger charge is -2.29. The van der Waals surface area contributed by atoms with Crippen molar-refractivity contribution >= 4 is 57.3 Å². The molecule has 1 aliphatic rings. The largest absolute Gasteiger partial charge is 0.480 e. The third-order valence-corrected chi connectivity index (χ3v) is 8.87. The molecule has 7 N–H and O–H groups in total. The van der Waals surface area contributed by atoms with Crippen LogP contribution in [0.4, 0.5) is 0 Å². The van der Waals surface area contributed by atoms with Crippen molar-refractivity contribution in [1.82, 2.24) is 25.5 Å². The maximum absolute atomic E-state index is 13.9. The summed E-state index contributed by atoms with van der Waals surface area (Å²) in [6, 6.07) is 11.6. The summed E-state index contributed by atoms with van der Waals surface area (Å²) < 4.78 is 0. The van der Waals surface area contributed by atoms with E-state index in [4.69, 9.17) is 5.73 Å². The van der Waals surface area contributed by atoms with Crippen LogP contribution in [-0.4, -0.2) is 86.4 Å². The number of nitrogens with two attached hydrogens (primary N) is 1. The number of fused-ring (bicyclic) bond motifs is 2. The second kappa shape index (κ2) is 14.0. The summed E-state index contributed by atoms with van der Waals surface area (Å²) in [5.74, 6) is -1.93. The smallest absolute Gasteiger partial charge is 0.326 e. The van der Waals surface area contributed by atoms with Crippen molar-refractivity contribution in [1.29, 1.82) is 0 Å². The average molecular weight is 619 g/mol. The van der Waals surface area contributed by atoms with Crippen molar-refractivity contribution in [3.8, 4) is 0 Å². The van der Waals surface area contributed by atoms with Gasteiger partial charge in [-0.1, -0.05) is 36.4 Å². The molecule has 232 valence electrons. The molecule has 0 spiro atoms. The Balaban J connectivity index is 1.36. The van der Waals surface area contributed by atoms with Crippen molar-refractivity contribution in [3.05, 3.63) is 72.1 Å². The third kappa shape index (κ3) is 6.92. The summed E-state index contributed by atoms with van der Waals surface area (Å²) >= 11 is 1.52. The molecule has 4 aromatic rings. The molecule has 2 aromatic carbocycles. The number of benzene rings is 2. The number of carbonyl (C=O) groups is 4. The highest BCUT2D eigenvalue weighted by Gasteiger charge is 2.38. The van der Waals surface area contributed by atoms with Crippen LogP contribution in [0.5, 0.6) is 0 Å². The van der Waals surface area contributed by atoms with Gasteiger partial charge < -0.3 is 36.3 Å². The number of aliphatic carboxylic acids is 1. The number of carbonyl (C=O) groups excluding carboxylic acids is 3. The van der Waals surface area contributed by atoms with Gasteiger partial charge in [0.05, 0.1) is 6.04 Å². The minimum absolute atomic E-state index is 0.159. The number of hydrogen-bond donors (Lipinski definition) is 6. The topological polar surface area (TPSA) is 173 Å². The lowest BCUT2D eigenvalue weighted by Crippen LogP contribution is -2.58. The summed E-state index contributed by atoms with van der Waals surface area (Å²) in [6.07, 6.45) is 7.23. The quantitative estimate of drug-likeness (QED) is 0.134. The zero-order valence-corrected chi connectivity index (χ0v) is 25.4. The number of carboxylic acid groups (broad SMARTS) is 1. The van der Waals surface area contributed by atoms with E-state index in [1.54, 1.807) is 6.20 Å². The number of hydrogen-bond acceptors (Lipinski definition) is 6. The summed E-state index contributed by atoms with van der Waals surface area (Å²) in [7, 11) is 0. The van der Waals surface area contributed by atoms with Crippen LogP contribution in [-0.2, 0) is 32.0 Å². The molecule has 1 aliphatic heterocycles. The highest BCUT2D eigenvalue weighted by molar-refractivity contribution is 7.98. The third-order valence-electron chi connectivity index (χ3n) is 8.23. The van der Waals surface area contributed by atoms with Gasteiger partial charge in [-0.05, 0) is 61.0 Å². The van der Waals surface area contributed by atoms with Gasteiger partial charge >= 0.3 is 5.97 Å². The fourth-order valence-corrected chi connectivity index (χ4v) is 6.36. The van der Waals surface area contributed by atoms with Crippen LogP contribution in [0.1, 0.15) is 30.4 Å². The van der Waals surface area contributed by atoms with Gasteiger partial charge in [0.1, 0.15) is 18.1 Å². The highest BCUT2D eigenvalue weighted by atomic mass is 32.2. The second-order valence-electron chi connectivity index (χ2n) is 11.2. The van der Waals surface area contributed by atoms with Crippen LogP contribution in [0.25, 0.3) is 21.8 Å². The fraction of sp³-hybridized carbons (Fsp3) is 0.375. The van der Waals surface area contributed by atoms with E-state index in [0.717, 1.165) is 32.9 Å². The molecule has 4 atom stereocenters. The number of H-pyrrole nitrogens is 2. The van der Waals surface area contributed by atoms with Crippen molar-refractivity contribution in [2.75, 3.05) is 18.6 Å². The SMILES string of the molecule is CSCCC(NC(=O)C(Cc1c[nH]c2ccccc12)NC(=O)C(N)Cc1c[nH]c2ccccc12)C(=O)N1CCCC1C(=O)O. The monoisotopic (exact) mass is 618 g/mol. The van der Waals surface area contributed by atoms with Crippen LogP contribution in [0.15, 0.2) is 60.9 Å². The van der Waals surface area contributed by atoms with Gasteiger partial charge in [-0.3, -0.25) is 14.4 Å². The number of likely N-dealkylation sites (tertiary alicyclic amines) is 1. The first-order valence-corrected chi connectivity index (χ1v) is 16.1. The summed E-state index contributed by atoms with van der Waals surface area (Å²) in [5.41, 5.74) is 9.92. The minimum atomic E-state index is -1.06. The predicted octanol–water partition coefficient (Wildman–Crippen LogP) is 2.56. The molecule has 0 aliphatic carbocycles.